The standard InChI is InChI=1S/C24H36O2/c1-3-23-11-9-18-17-7-5-15(2)13-16(17)6-8-19(18)22(23)20-14-21(20)24(23,26)10-4-12-25/h6,13,17-22,25-26H,3-5,7-12,14H2,1-2H3/t17-,18?,19?,20+,21-,22?,23-,24-/m0/s1. The van der Waals surface area contributed by atoms with E-state index in [0.29, 0.717) is 5.92 Å². The zero-order valence-corrected chi connectivity index (χ0v) is 16.6. The lowest BCUT2D eigenvalue weighted by Gasteiger charge is -2.58. The lowest BCUT2D eigenvalue weighted by molar-refractivity contribution is -0.153. The fourth-order valence-corrected chi connectivity index (χ4v) is 8.52. The van der Waals surface area contributed by atoms with E-state index in [2.05, 4.69) is 26.0 Å². The van der Waals surface area contributed by atoms with Crippen LogP contribution in [0.25, 0.3) is 0 Å². The molecule has 0 bridgehead atoms. The summed E-state index contributed by atoms with van der Waals surface area (Å²) < 4.78 is 0. The summed E-state index contributed by atoms with van der Waals surface area (Å²) in [6.45, 7) is 4.84. The van der Waals surface area contributed by atoms with E-state index in [1.54, 1.807) is 11.1 Å². The molecule has 0 aromatic carbocycles. The molecular weight excluding hydrogens is 320 g/mol. The Morgan fingerprint density at radius 1 is 1.19 bits per heavy atom. The summed E-state index contributed by atoms with van der Waals surface area (Å²) in [7, 11) is 0. The molecule has 3 saturated carbocycles. The zero-order valence-electron chi connectivity index (χ0n) is 16.6. The van der Waals surface area contributed by atoms with Gasteiger partial charge in [-0.1, -0.05) is 24.6 Å². The van der Waals surface area contributed by atoms with Gasteiger partial charge in [0.1, 0.15) is 0 Å². The largest absolute Gasteiger partial charge is 0.396 e. The van der Waals surface area contributed by atoms with Crippen LogP contribution < -0.4 is 0 Å². The molecule has 5 aliphatic rings. The van der Waals surface area contributed by atoms with Crippen LogP contribution in [0.4, 0.5) is 0 Å². The Hall–Kier alpha value is -0.600. The Balaban J connectivity index is 1.50. The van der Waals surface area contributed by atoms with E-state index in [0.717, 1.165) is 48.9 Å². The van der Waals surface area contributed by atoms with Gasteiger partial charge < -0.3 is 10.2 Å². The van der Waals surface area contributed by atoms with Gasteiger partial charge in [0.05, 0.1) is 5.60 Å². The lowest BCUT2D eigenvalue weighted by Crippen LogP contribution is -2.56. The second kappa shape index (κ2) is 5.95. The number of hydrogen-bond acceptors (Lipinski definition) is 2. The van der Waals surface area contributed by atoms with Crippen LogP contribution in [0.1, 0.15) is 71.6 Å². The Morgan fingerprint density at radius 2 is 2.04 bits per heavy atom. The smallest absolute Gasteiger partial charge is 0.0738 e. The van der Waals surface area contributed by atoms with E-state index in [-0.39, 0.29) is 12.0 Å². The lowest BCUT2D eigenvalue weighted by atomic mass is 9.48. The average Bonchev–Trinajstić information content (AvgIpc) is 3.41. The highest BCUT2D eigenvalue weighted by atomic mass is 16.3. The van der Waals surface area contributed by atoms with Gasteiger partial charge in [0, 0.05) is 12.0 Å². The van der Waals surface area contributed by atoms with E-state index in [1.807, 2.05) is 0 Å². The van der Waals surface area contributed by atoms with Gasteiger partial charge in [-0.25, -0.2) is 0 Å². The van der Waals surface area contributed by atoms with Gasteiger partial charge in [-0.05, 0) is 106 Å². The first kappa shape index (κ1) is 17.5. The molecule has 0 saturated heterocycles. The normalized spacial score (nSPS) is 51.5. The predicted octanol–water partition coefficient (Wildman–Crippen LogP) is 4.86. The second-order valence-electron chi connectivity index (χ2n) is 10.2. The van der Waals surface area contributed by atoms with Crippen LogP contribution in [0.5, 0.6) is 0 Å². The van der Waals surface area contributed by atoms with E-state index in [1.165, 1.54) is 38.5 Å². The minimum absolute atomic E-state index is 0.128. The number of hydrogen-bond donors (Lipinski definition) is 2. The molecule has 0 heterocycles. The minimum atomic E-state index is -0.502. The summed E-state index contributed by atoms with van der Waals surface area (Å²) in [6.07, 6.45) is 15.4. The fourth-order valence-electron chi connectivity index (χ4n) is 8.52. The van der Waals surface area contributed by atoms with Gasteiger partial charge >= 0.3 is 0 Å². The van der Waals surface area contributed by atoms with Crippen molar-refractivity contribution in [2.75, 3.05) is 6.61 Å². The van der Waals surface area contributed by atoms with Crippen LogP contribution in [0.2, 0.25) is 0 Å². The minimum Gasteiger partial charge on any atom is -0.396 e. The molecule has 144 valence electrons. The summed E-state index contributed by atoms with van der Waals surface area (Å²) in [6, 6.07) is 0. The molecule has 0 aromatic rings. The average molecular weight is 357 g/mol. The maximum Gasteiger partial charge on any atom is 0.0738 e. The van der Waals surface area contributed by atoms with Crippen molar-refractivity contribution in [3.05, 3.63) is 23.3 Å². The van der Waals surface area contributed by atoms with Crippen LogP contribution in [0.15, 0.2) is 23.3 Å². The quantitative estimate of drug-likeness (QED) is 0.755. The highest BCUT2D eigenvalue weighted by Crippen LogP contribution is 2.77. The molecule has 26 heavy (non-hydrogen) atoms. The second-order valence-corrected chi connectivity index (χ2v) is 10.2. The third-order valence-electron chi connectivity index (χ3n) is 9.53. The van der Waals surface area contributed by atoms with Crippen molar-refractivity contribution in [2.24, 2.45) is 40.9 Å². The Kier molecular flexibility index (Phi) is 4.00. The number of fused-ring (bicyclic) bond motifs is 7. The van der Waals surface area contributed by atoms with Crippen molar-refractivity contribution < 1.29 is 10.2 Å². The van der Waals surface area contributed by atoms with Crippen LogP contribution in [-0.4, -0.2) is 22.4 Å². The topological polar surface area (TPSA) is 40.5 Å². The maximum absolute atomic E-state index is 11.9. The molecule has 2 nitrogen and oxygen atoms in total. The third kappa shape index (κ3) is 2.12. The first-order valence-corrected chi connectivity index (χ1v) is 11.3. The molecule has 8 atom stereocenters. The molecular formula is C24H36O2. The van der Waals surface area contributed by atoms with E-state index in [9.17, 15) is 10.2 Å². The van der Waals surface area contributed by atoms with Crippen molar-refractivity contribution in [1.29, 1.82) is 0 Å². The van der Waals surface area contributed by atoms with Gasteiger partial charge in [-0.3, -0.25) is 0 Å². The van der Waals surface area contributed by atoms with E-state index in [4.69, 9.17) is 0 Å². The first-order chi connectivity index (χ1) is 12.6. The molecule has 0 radical (unpaired) electrons. The Labute approximate surface area is 158 Å². The van der Waals surface area contributed by atoms with Gasteiger partial charge in [0.2, 0.25) is 0 Å². The molecule has 0 spiro atoms. The summed E-state index contributed by atoms with van der Waals surface area (Å²) in [5, 5.41) is 21.3. The molecule has 2 N–H and O–H groups in total. The molecule has 3 unspecified atom stereocenters. The van der Waals surface area contributed by atoms with E-state index < -0.39 is 5.60 Å². The molecule has 5 aliphatic carbocycles. The molecule has 0 aromatic heterocycles. The number of aliphatic hydroxyl groups excluding tert-OH is 1. The molecule has 0 aliphatic heterocycles. The summed E-state index contributed by atoms with van der Waals surface area (Å²) in [4.78, 5) is 0. The fraction of sp³-hybridized carbons (Fsp3) is 0.833. The summed E-state index contributed by atoms with van der Waals surface area (Å²) in [5.41, 5.74) is 2.83. The highest BCUT2D eigenvalue weighted by Gasteiger charge is 2.75. The number of aliphatic hydroxyl groups is 2. The number of rotatable bonds is 4. The Morgan fingerprint density at radius 3 is 2.81 bits per heavy atom. The predicted molar refractivity (Wildman–Crippen MR) is 104 cm³/mol. The van der Waals surface area contributed by atoms with E-state index >= 15 is 0 Å². The van der Waals surface area contributed by atoms with Crippen LogP contribution in [0, 0.1) is 40.9 Å². The SMILES string of the molecule is CC[C@]12CCC3C(CC=C4C=C(C)CC[C@@H]43)C1[C@@H]1C[C@@H]1[C@@]2(O)CCCO. The van der Waals surface area contributed by atoms with Crippen LogP contribution in [-0.2, 0) is 0 Å². The van der Waals surface area contributed by atoms with Crippen LogP contribution >= 0.6 is 0 Å². The monoisotopic (exact) mass is 356 g/mol. The van der Waals surface area contributed by atoms with Crippen molar-refractivity contribution in [1.82, 2.24) is 0 Å². The van der Waals surface area contributed by atoms with Crippen molar-refractivity contribution >= 4 is 0 Å². The van der Waals surface area contributed by atoms with Crippen molar-refractivity contribution in [3.8, 4) is 0 Å². The number of allylic oxidation sites excluding steroid dienone is 4. The molecule has 3 fully saturated rings. The third-order valence-corrected chi connectivity index (χ3v) is 9.53. The highest BCUT2D eigenvalue weighted by molar-refractivity contribution is 5.34. The van der Waals surface area contributed by atoms with Crippen molar-refractivity contribution in [3.63, 3.8) is 0 Å². The van der Waals surface area contributed by atoms with Gasteiger partial charge in [-0.15, -0.1) is 0 Å². The maximum atomic E-state index is 11.9. The molecule has 5 rings (SSSR count). The van der Waals surface area contributed by atoms with Crippen LogP contribution in [0.3, 0.4) is 0 Å². The summed E-state index contributed by atoms with van der Waals surface area (Å²) >= 11 is 0. The Bertz CT molecular complexity index is 649. The van der Waals surface area contributed by atoms with Crippen molar-refractivity contribution in [2.45, 2.75) is 77.2 Å². The van der Waals surface area contributed by atoms with Gasteiger partial charge in [0.25, 0.3) is 0 Å². The summed E-state index contributed by atoms with van der Waals surface area (Å²) in [5.74, 6) is 4.45. The van der Waals surface area contributed by atoms with Gasteiger partial charge in [-0.2, -0.15) is 0 Å². The molecule has 2 heteroatoms. The molecule has 0 amide bonds. The van der Waals surface area contributed by atoms with Gasteiger partial charge in [0.15, 0.2) is 0 Å². The first-order valence-electron chi connectivity index (χ1n) is 11.3. The zero-order chi connectivity index (χ0) is 18.1.